The topological polar surface area (TPSA) is 82.6 Å². The van der Waals surface area contributed by atoms with E-state index in [0.29, 0.717) is 19.0 Å². The third-order valence-corrected chi connectivity index (χ3v) is 3.50. The second-order valence-corrected chi connectivity index (χ2v) is 6.61. The van der Waals surface area contributed by atoms with Gasteiger partial charge in [0, 0.05) is 26.7 Å². The number of unbranched alkanes of at least 4 members (excludes halogenated alkanes) is 1. The zero-order chi connectivity index (χ0) is 13.9. The van der Waals surface area contributed by atoms with E-state index < -0.39 is 10.0 Å². The quantitative estimate of drug-likeness (QED) is 0.217. The van der Waals surface area contributed by atoms with Crippen LogP contribution in [-0.4, -0.2) is 59.3 Å². The minimum atomic E-state index is -3.11. The van der Waals surface area contributed by atoms with Crippen LogP contribution in [-0.2, 0) is 10.0 Å². The lowest BCUT2D eigenvalue weighted by molar-refractivity contribution is 0.586. The molecule has 0 heterocycles. The highest BCUT2D eigenvalue weighted by Crippen LogP contribution is 1.97. The van der Waals surface area contributed by atoms with E-state index in [1.165, 1.54) is 12.2 Å². The first kappa shape index (κ1) is 21.6. The van der Waals surface area contributed by atoms with Gasteiger partial charge in [-0.05, 0) is 24.9 Å². The molecular formula is C10H25IN4O2S2. The van der Waals surface area contributed by atoms with E-state index in [1.54, 1.807) is 7.05 Å². The molecule has 0 amide bonds. The van der Waals surface area contributed by atoms with Gasteiger partial charge in [0.05, 0.1) is 6.26 Å². The van der Waals surface area contributed by atoms with Crippen molar-refractivity contribution in [3.8, 4) is 0 Å². The molecule has 19 heavy (non-hydrogen) atoms. The van der Waals surface area contributed by atoms with Crippen molar-refractivity contribution >= 4 is 51.7 Å². The number of nitrogens with one attached hydrogen (secondary N) is 3. The number of sulfonamides is 1. The smallest absolute Gasteiger partial charge is 0.208 e. The molecule has 0 aromatic rings. The second-order valence-electron chi connectivity index (χ2n) is 3.79. The highest BCUT2D eigenvalue weighted by atomic mass is 127. The summed E-state index contributed by atoms with van der Waals surface area (Å²) in [7, 11) is -1.41. The van der Waals surface area contributed by atoms with E-state index >= 15 is 0 Å². The molecule has 0 unspecified atom stereocenters. The molecular weight excluding hydrogens is 399 g/mol. The van der Waals surface area contributed by atoms with Crippen molar-refractivity contribution in [1.29, 1.82) is 0 Å². The average Bonchev–Trinajstić information content (AvgIpc) is 2.30. The molecule has 0 aliphatic rings. The lowest BCUT2D eigenvalue weighted by Gasteiger charge is -2.11. The Kier molecular flexibility index (Phi) is 15.0. The van der Waals surface area contributed by atoms with Gasteiger partial charge >= 0.3 is 0 Å². The highest BCUT2D eigenvalue weighted by molar-refractivity contribution is 14.0. The Balaban J connectivity index is 0. The SMILES string of the molecule is CN=C(NCCCCSC)NCCNS(C)(=O)=O.I. The molecule has 0 saturated heterocycles. The summed E-state index contributed by atoms with van der Waals surface area (Å²) in [5.41, 5.74) is 0. The Hall–Kier alpha value is 0.260. The Morgan fingerprint density at radius 2 is 1.79 bits per heavy atom. The van der Waals surface area contributed by atoms with Crippen LogP contribution in [0.4, 0.5) is 0 Å². The van der Waals surface area contributed by atoms with Crippen molar-refractivity contribution in [3.63, 3.8) is 0 Å². The minimum Gasteiger partial charge on any atom is -0.356 e. The van der Waals surface area contributed by atoms with Crippen LogP contribution >= 0.6 is 35.7 Å². The Morgan fingerprint density at radius 3 is 2.32 bits per heavy atom. The van der Waals surface area contributed by atoms with Crippen molar-refractivity contribution in [2.24, 2.45) is 4.99 Å². The summed E-state index contributed by atoms with van der Waals surface area (Å²) in [4.78, 5) is 4.05. The molecule has 9 heteroatoms. The van der Waals surface area contributed by atoms with E-state index in [2.05, 4.69) is 26.6 Å². The first-order valence-electron chi connectivity index (χ1n) is 5.87. The van der Waals surface area contributed by atoms with Gasteiger partial charge in [-0.2, -0.15) is 11.8 Å². The third-order valence-electron chi connectivity index (χ3n) is 2.07. The van der Waals surface area contributed by atoms with Gasteiger partial charge < -0.3 is 10.6 Å². The second kappa shape index (κ2) is 13.3. The minimum absolute atomic E-state index is 0. The van der Waals surface area contributed by atoms with Gasteiger partial charge in [-0.3, -0.25) is 4.99 Å². The summed E-state index contributed by atoms with van der Waals surface area (Å²) in [6, 6.07) is 0. The van der Waals surface area contributed by atoms with Gasteiger partial charge in [-0.1, -0.05) is 0 Å². The van der Waals surface area contributed by atoms with Crippen LogP contribution in [0.25, 0.3) is 0 Å². The number of nitrogens with zero attached hydrogens (tertiary/aromatic N) is 1. The fraction of sp³-hybridized carbons (Fsp3) is 0.900. The van der Waals surface area contributed by atoms with E-state index in [9.17, 15) is 8.42 Å². The molecule has 0 aromatic carbocycles. The van der Waals surface area contributed by atoms with Crippen LogP contribution in [0.1, 0.15) is 12.8 Å². The number of guanidine groups is 1. The van der Waals surface area contributed by atoms with Crippen molar-refractivity contribution in [1.82, 2.24) is 15.4 Å². The van der Waals surface area contributed by atoms with Gasteiger partial charge in [0.15, 0.2) is 5.96 Å². The van der Waals surface area contributed by atoms with Gasteiger partial charge in [-0.25, -0.2) is 13.1 Å². The van der Waals surface area contributed by atoms with Gasteiger partial charge in [0.2, 0.25) is 10.0 Å². The number of aliphatic imine (C=N–C) groups is 1. The maximum absolute atomic E-state index is 10.8. The summed E-state index contributed by atoms with van der Waals surface area (Å²) in [6.07, 6.45) is 5.53. The molecule has 0 atom stereocenters. The van der Waals surface area contributed by atoms with Crippen LogP contribution < -0.4 is 15.4 Å². The summed E-state index contributed by atoms with van der Waals surface area (Å²) in [5.74, 6) is 1.88. The van der Waals surface area contributed by atoms with Crippen LogP contribution in [0, 0.1) is 0 Å². The molecule has 0 spiro atoms. The molecule has 0 radical (unpaired) electrons. The summed E-state index contributed by atoms with van der Waals surface area (Å²) < 4.78 is 24.1. The molecule has 0 bridgehead atoms. The maximum atomic E-state index is 10.8. The Bertz CT molecular complexity index is 336. The standard InChI is InChI=1S/C10H24N4O2S2.HI/c1-11-10(12-6-4-5-9-17-2)13-7-8-14-18(3,15)16;/h14H,4-9H2,1-3H3,(H2,11,12,13);1H. The van der Waals surface area contributed by atoms with Crippen LogP contribution in [0.2, 0.25) is 0 Å². The van der Waals surface area contributed by atoms with E-state index in [-0.39, 0.29) is 24.0 Å². The predicted octanol–water partition coefficient (Wildman–Crippen LogP) is 0.462. The molecule has 116 valence electrons. The maximum Gasteiger partial charge on any atom is 0.208 e. The molecule has 0 aliphatic heterocycles. The zero-order valence-corrected chi connectivity index (χ0v) is 15.7. The van der Waals surface area contributed by atoms with Crippen molar-refractivity contribution < 1.29 is 8.42 Å². The lowest BCUT2D eigenvalue weighted by atomic mass is 10.3. The Morgan fingerprint density at radius 1 is 1.16 bits per heavy atom. The number of halogens is 1. The average molecular weight is 424 g/mol. The zero-order valence-electron chi connectivity index (χ0n) is 11.7. The van der Waals surface area contributed by atoms with E-state index in [4.69, 9.17) is 0 Å². The molecule has 6 nitrogen and oxygen atoms in total. The van der Waals surface area contributed by atoms with Crippen LogP contribution in [0.5, 0.6) is 0 Å². The van der Waals surface area contributed by atoms with Crippen LogP contribution in [0.3, 0.4) is 0 Å². The van der Waals surface area contributed by atoms with Crippen LogP contribution in [0.15, 0.2) is 4.99 Å². The first-order valence-corrected chi connectivity index (χ1v) is 9.16. The summed E-state index contributed by atoms with van der Waals surface area (Å²) in [6.45, 7) is 1.74. The third kappa shape index (κ3) is 16.2. The van der Waals surface area contributed by atoms with E-state index in [0.717, 1.165) is 19.2 Å². The molecule has 3 N–H and O–H groups in total. The number of rotatable bonds is 9. The molecule has 0 aromatic heterocycles. The van der Waals surface area contributed by atoms with Crippen molar-refractivity contribution in [2.45, 2.75) is 12.8 Å². The number of hydrogen-bond acceptors (Lipinski definition) is 4. The summed E-state index contributed by atoms with van der Waals surface area (Å²) >= 11 is 1.85. The predicted molar refractivity (Wildman–Crippen MR) is 95.2 cm³/mol. The lowest BCUT2D eigenvalue weighted by Crippen LogP contribution is -2.41. The van der Waals surface area contributed by atoms with E-state index in [1.807, 2.05) is 11.8 Å². The Labute approximate surface area is 138 Å². The van der Waals surface area contributed by atoms with Gasteiger partial charge in [0.25, 0.3) is 0 Å². The van der Waals surface area contributed by atoms with Crippen molar-refractivity contribution in [2.75, 3.05) is 44.9 Å². The fourth-order valence-electron chi connectivity index (χ4n) is 1.22. The van der Waals surface area contributed by atoms with Gasteiger partial charge in [-0.15, -0.1) is 24.0 Å². The molecule has 0 aliphatic carbocycles. The fourth-order valence-corrected chi connectivity index (χ4v) is 2.18. The molecule has 0 fully saturated rings. The first-order chi connectivity index (χ1) is 8.49. The highest BCUT2D eigenvalue weighted by Gasteiger charge is 2.00. The number of hydrogen-bond donors (Lipinski definition) is 3. The van der Waals surface area contributed by atoms with Gasteiger partial charge in [0.1, 0.15) is 0 Å². The monoisotopic (exact) mass is 424 g/mol. The van der Waals surface area contributed by atoms with Crippen molar-refractivity contribution in [3.05, 3.63) is 0 Å². The largest absolute Gasteiger partial charge is 0.356 e. The normalized spacial score (nSPS) is 11.8. The number of thioether (sulfide) groups is 1. The summed E-state index contributed by atoms with van der Waals surface area (Å²) in [5, 5.41) is 6.22. The molecule has 0 rings (SSSR count). The molecule has 0 saturated carbocycles.